The van der Waals surface area contributed by atoms with E-state index in [1.165, 1.54) is 23.8 Å². The summed E-state index contributed by atoms with van der Waals surface area (Å²) in [4.78, 5) is 9.40. The molecule has 19 heavy (non-hydrogen) atoms. The highest BCUT2D eigenvalue weighted by Crippen LogP contribution is 2.33. The van der Waals surface area contributed by atoms with Crippen molar-refractivity contribution >= 4 is 22.9 Å². The lowest BCUT2D eigenvalue weighted by Gasteiger charge is -2.21. The molecule has 0 saturated carbocycles. The number of nitrogens with zero attached hydrogens (tertiary/aromatic N) is 3. The Hall–Kier alpha value is -1.03. The Kier molecular flexibility index (Phi) is 3.29. The van der Waals surface area contributed by atoms with Gasteiger partial charge in [-0.2, -0.15) is 11.8 Å². The van der Waals surface area contributed by atoms with E-state index in [2.05, 4.69) is 36.4 Å². The third kappa shape index (κ3) is 2.64. The number of imidazole rings is 1. The maximum absolute atomic E-state index is 4.83. The smallest absolute Gasteiger partial charge is 0.160 e. The molecule has 1 fully saturated rings. The van der Waals surface area contributed by atoms with Crippen molar-refractivity contribution in [3.8, 4) is 0 Å². The molecule has 2 aromatic heterocycles. The monoisotopic (exact) mass is 275 g/mol. The minimum Gasteiger partial charge on any atom is -0.309 e. The van der Waals surface area contributed by atoms with E-state index in [0.717, 1.165) is 17.6 Å². The summed E-state index contributed by atoms with van der Waals surface area (Å²) in [6.07, 6.45) is 4.12. The van der Waals surface area contributed by atoms with Crippen molar-refractivity contribution in [2.45, 2.75) is 39.7 Å². The molecule has 0 bridgehead atoms. The van der Waals surface area contributed by atoms with E-state index in [1.54, 1.807) is 0 Å². The SMILES string of the molecule is CC(C)(C)Cc1nc2cccnc2n1C1CCSC1. The first-order valence-corrected chi connectivity index (χ1v) is 8.10. The quantitative estimate of drug-likeness (QED) is 0.837. The van der Waals surface area contributed by atoms with Crippen LogP contribution in [0.15, 0.2) is 18.3 Å². The molecule has 4 heteroatoms. The molecule has 1 aliphatic rings. The molecule has 0 amide bonds. The number of rotatable bonds is 2. The van der Waals surface area contributed by atoms with Crippen LogP contribution in [0.2, 0.25) is 0 Å². The van der Waals surface area contributed by atoms with Gasteiger partial charge in [-0.3, -0.25) is 0 Å². The minimum absolute atomic E-state index is 0.255. The molecule has 3 rings (SSSR count). The standard InChI is InChI=1S/C15H21N3S/c1-15(2,3)9-13-17-12-5-4-7-16-14(12)18(13)11-6-8-19-10-11/h4-5,7,11H,6,8-10H2,1-3H3. The van der Waals surface area contributed by atoms with Crippen molar-refractivity contribution in [1.82, 2.24) is 14.5 Å². The minimum atomic E-state index is 0.255. The largest absolute Gasteiger partial charge is 0.309 e. The van der Waals surface area contributed by atoms with Crippen LogP contribution in [0.4, 0.5) is 0 Å². The van der Waals surface area contributed by atoms with E-state index in [1.807, 2.05) is 24.0 Å². The average Bonchev–Trinajstić information content (AvgIpc) is 2.92. The lowest BCUT2D eigenvalue weighted by Crippen LogP contribution is -2.18. The summed E-state index contributed by atoms with van der Waals surface area (Å²) in [5, 5.41) is 0. The summed E-state index contributed by atoms with van der Waals surface area (Å²) < 4.78 is 2.40. The van der Waals surface area contributed by atoms with Crippen molar-refractivity contribution in [3.05, 3.63) is 24.2 Å². The van der Waals surface area contributed by atoms with E-state index in [0.29, 0.717) is 6.04 Å². The first kappa shape index (κ1) is 13.0. The van der Waals surface area contributed by atoms with Gasteiger partial charge in [0.2, 0.25) is 0 Å². The van der Waals surface area contributed by atoms with E-state index in [4.69, 9.17) is 4.98 Å². The summed E-state index contributed by atoms with van der Waals surface area (Å²) >= 11 is 2.04. The Bertz CT molecular complexity index is 577. The lowest BCUT2D eigenvalue weighted by atomic mass is 9.92. The average molecular weight is 275 g/mol. The molecule has 1 saturated heterocycles. The van der Waals surface area contributed by atoms with Gasteiger partial charge in [-0.15, -0.1) is 0 Å². The van der Waals surface area contributed by atoms with E-state index in [-0.39, 0.29) is 5.41 Å². The van der Waals surface area contributed by atoms with Gasteiger partial charge in [0, 0.05) is 24.4 Å². The van der Waals surface area contributed by atoms with Crippen molar-refractivity contribution in [3.63, 3.8) is 0 Å². The number of hydrogen-bond acceptors (Lipinski definition) is 3. The van der Waals surface area contributed by atoms with Crippen molar-refractivity contribution < 1.29 is 0 Å². The number of pyridine rings is 1. The highest BCUT2D eigenvalue weighted by molar-refractivity contribution is 7.99. The molecule has 2 aromatic rings. The van der Waals surface area contributed by atoms with Crippen molar-refractivity contribution in [1.29, 1.82) is 0 Å². The summed E-state index contributed by atoms with van der Waals surface area (Å²) in [5.41, 5.74) is 2.36. The van der Waals surface area contributed by atoms with Crippen LogP contribution in [0.1, 0.15) is 39.1 Å². The molecule has 0 N–H and O–H groups in total. The lowest BCUT2D eigenvalue weighted by molar-refractivity contribution is 0.385. The van der Waals surface area contributed by atoms with Crippen LogP contribution in [0.5, 0.6) is 0 Å². The second-order valence-electron chi connectivity index (χ2n) is 6.50. The van der Waals surface area contributed by atoms with Crippen LogP contribution in [0, 0.1) is 5.41 Å². The number of aromatic nitrogens is 3. The molecule has 3 heterocycles. The second kappa shape index (κ2) is 4.82. The Labute approximate surface area is 118 Å². The van der Waals surface area contributed by atoms with Crippen LogP contribution in [-0.2, 0) is 6.42 Å². The molecule has 1 unspecified atom stereocenters. The number of hydrogen-bond donors (Lipinski definition) is 0. The first-order valence-electron chi connectivity index (χ1n) is 6.94. The molecule has 3 nitrogen and oxygen atoms in total. The van der Waals surface area contributed by atoms with Gasteiger partial charge in [0.05, 0.1) is 0 Å². The Morgan fingerprint density at radius 2 is 2.26 bits per heavy atom. The first-order chi connectivity index (χ1) is 9.04. The summed E-state index contributed by atoms with van der Waals surface area (Å²) in [6.45, 7) is 6.81. The molecular weight excluding hydrogens is 254 g/mol. The molecule has 0 spiro atoms. The third-order valence-corrected chi connectivity index (χ3v) is 4.63. The predicted octanol–water partition coefficient (Wildman–Crippen LogP) is 3.70. The molecular formula is C15H21N3S. The fourth-order valence-corrected chi connectivity index (χ4v) is 3.88. The van der Waals surface area contributed by atoms with E-state index < -0.39 is 0 Å². The fourth-order valence-electron chi connectivity index (χ4n) is 2.68. The van der Waals surface area contributed by atoms with Gasteiger partial charge in [-0.25, -0.2) is 9.97 Å². The van der Waals surface area contributed by atoms with E-state index in [9.17, 15) is 0 Å². The van der Waals surface area contributed by atoms with Gasteiger partial charge in [0.25, 0.3) is 0 Å². The summed E-state index contributed by atoms with van der Waals surface area (Å²) in [6, 6.07) is 4.62. The maximum Gasteiger partial charge on any atom is 0.160 e. The molecule has 102 valence electrons. The zero-order chi connectivity index (χ0) is 13.5. The van der Waals surface area contributed by atoms with Crippen LogP contribution in [0.3, 0.4) is 0 Å². The van der Waals surface area contributed by atoms with Gasteiger partial charge in [-0.05, 0) is 29.7 Å². The van der Waals surface area contributed by atoms with Crippen LogP contribution < -0.4 is 0 Å². The normalized spacial score (nSPS) is 20.3. The Morgan fingerprint density at radius 1 is 1.42 bits per heavy atom. The van der Waals surface area contributed by atoms with Crippen LogP contribution >= 0.6 is 11.8 Å². The number of thioether (sulfide) groups is 1. The van der Waals surface area contributed by atoms with Gasteiger partial charge in [0.1, 0.15) is 11.3 Å². The van der Waals surface area contributed by atoms with Crippen LogP contribution in [0.25, 0.3) is 11.2 Å². The molecule has 0 aliphatic carbocycles. The fraction of sp³-hybridized carbons (Fsp3) is 0.600. The Balaban J connectivity index is 2.11. The predicted molar refractivity (Wildman–Crippen MR) is 81.7 cm³/mol. The molecule has 0 radical (unpaired) electrons. The van der Waals surface area contributed by atoms with Gasteiger partial charge < -0.3 is 4.57 Å². The molecule has 1 aliphatic heterocycles. The maximum atomic E-state index is 4.83. The molecule has 0 aromatic carbocycles. The molecule has 1 atom stereocenters. The summed E-state index contributed by atoms with van der Waals surface area (Å²) in [5.74, 6) is 3.65. The second-order valence-corrected chi connectivity index (χ2v) is 7.65. The van der Waals surface area contributed by atoms with Crippen molar-refractivity contribution in [2.75, 3.05) is 11.5 Å². The highest BCUT2D eigenvalue weighted by Gasteiger charge is 2.25. The number of fused-ring (bicyclic) bond motifs is 1. The Morgan fingerprint density at radius 3 is 2.95 bits per heavy atom. The third-order valence-electron chi connectivity index (χ3n) is 3.48. The van der Waals surface area contributed by atoms with E-state index >= 15 is 0 Å². The zero-order valence-corrected chi connectivity index (χ0v) is 12.7. The van der Waals surface area contributed by atoms with Gasteiger partial charge in [-0.1, -0.05) is 20.8 Å². The van der Waals surface area contributed by atoms with Crippen LogP contribution in [-0.4, -0.2) is 26.0 Å². The highest BCUT2D eigenvalue weighted by atomic mass is 32.2. The zero-order valence-electron chi connectivity index (χ0n) is 11.9. The summed E-state index contributed by atoms with van der Waals surface area (Å²) in [7, 11) is 0. The topological polar surface area (TPSA) is 30.7 Å². The van der Waals surface area contributed by atoms with Gasteiger partial charge in [0.15, 0.2) is 5.65 Å². The van der Waals surface area contributed by atoms with Crippen molar-refractivity contribution in [2.24, 2.45) is 5.41 Å². The van der Waals surface area contributed by atoms with Gasteiger partial charge >= 0.3 is 0 Å².